The van der Waals surface area contributed by atoms with Crippen molar-refractivity contribution in [1.29, 1.82) is 5.26 Å². The summed E-state index contributed by atoms with van der Waals surface area (Å²) in [6.45, 7) is 1.85. The lowest BCUT2D eigenvalue weighted by Crippen LogP contribution is -2.29. The molecule has 1 aliphatic rings. The summed E-state index contributed by atoms with van der Waals surface area (Å²) in [6.07, 6.45) is 0. The molecule has 0 saturated heterocycles. The van der Waals surface area contributed by atoms with E-state index in [2.05, 4.69) is 11.4 Å². The maximum atomic E-state index is 13.4. The second-order valence-electron chi connectivity index (χ2n) is 8.47. The number of hydrogen-bond donors (Lipinski definition) is 1. The zero-order valence-corrected chi connectivity index (χ0v) is 22.4. The van der Waals surface area contributed by atoms with E-state index in [4.69, 9.17) is 21.1 Å². The third kappa shape index (κ3) is 6.10. The van der Waals surface area contributed by atoms with Gasteiger partial charge >= 0.3 is 5.97 Å². The number of allylic oxidation sites excluding steroid dienone is 2. The Labute approximate surface area is 230 Å². The molecule has 1 aliphatic heterocycles. The third-order valence-corrected chi connectivity index (χ3v) is 7.42. The van der Waals surface area contributed by atoms with Crippen LogP contribution in [0.2, 0.25) is 5.02 Å². The van der Waals surface area contributed by atoms with Crippen LogP contribution in [0.3, 0.4) is 0 Å². The van der Waals surface area contributed by atoms with Crippen molar-refractivity contribution in [2.24, 2.45) is 0 Å². The number of thioether (sulfide) groups is 1. The number of carbonyl (C=O) groups excluding carboxylic acids is 2. The van der Waals surface area contributed by atoms with E-state index >= 15 is 0 Å². The van der Waals surface area contributed by atoms with Crippen molar-refractivity contribution in [3.8, 4) is 11.8 Å². The van der Waals surface area contributed by atoms with E-state index in [-0.39, 0.29) is 18.1 Å². The van der Waals surface area contributed by atoms with Crippen molar-refractivity contribution in [3.63, 3.8) is 0 Å². The number of nitrogens with zero attached hydrogens (tertiary/aromatic N) is 1. The lowest BCUT2D eigenvalue weighted by molar-refractivity contribution is -0.140. The largest absolute Gasteiger partial charge is 0.497 e. The molecule has 8 heteroatoms. The Kier molecular flexibility index (Phi) is 8.90. The topological polar surface area (TPSA) is 88.4 Å². The van der Waals surface area contributed by atoms with Crippen LogP contribution in [0.4, 0.5) is 0 Å². The van der Waals surface area contributed by atoms with Crippen molar-refractivity contribution in [1.82, 2.24) is 5.32 Å². The highest BCUT2D eigenvalue weighted by molar-refractivity contribution is 8.03. The lowest BCUT2D eigenvalue weighted by atomic mass is 9.82. The van der Waals surface area contributed by atoms with Gasteiger partial charge in [0.25, 0.3) is 0 Å². The highest BCUT2D eigenvalue weighted by Gasteiger charge is 2.36. The summed E-state index contributed by atoms with van der Waals surface area (Å²) in [4.78, 5) is 26.2. The summed E-state index contributed by atoms with van der Waals surface area (Å²) in [7, 11) is 1.56. The highest BCUT2D eigenvalue weighted by Crippen LogP contribution is 2.43. The van der Waals surface area contributed by atoms with Crippen molar-refractivity contribution >= 4 is 35.1 Å². The molecule has 1 N–H and O–H groups in total. The molecule has 3 aromatic rings. The first-order valence-corrected chi connectivity index (χ1v) is 13.2. The van der Waals surface area contributed by atoms with E-state index in [1.165, 1.54) is 11.8 Å². The second-order valence-corrected chi connectivity index (χ2v) is 9.87. The number of Topliss-reactive ketones (excluding diaryl/α,β-unsaturated/α-hetero) is 1. The van der Waals surface area contributed by atoms with Gasteiger partial charge < -0.3 is 14.8 Å². The van der Waals surface area contributed by atoms with Gasteiger partial charge in [-0.2, -0.15) is 5.26 Å². The molecule has 0 aliphatic carbocycles. The molecule has 192 valence electrons. The molecule has 0 amide bonds. The van der Waals surface area contributed by atoms with Gasteiger partial charge in [-0.3, -0.25) is 4.79 Å². The Morgan fingerprint density at radius 1 is 1.03 bits per heavy atom. The smallest absolute Gasteiger partial charge is 0.337 e. The Balaban J connectivity index is 1.63. The quantitative estimate of drug-likeness (QED) is 0.246. The molecule has 4 rings (SSSR count). The van der Waals surface area contributed by atoms with Crippen LogP contribution in [0.5, 0.6) is 5.75 Å². The minimum atomic E-state index is -0.753. The number of rotatable bonds is 9. The zero-order valence-electron chi connectivity index (χ0n) is 20.9. The van der Waals surface area contributed by atoms with Crippen LogP contribution >= 0.6 is 23.4 Å². The van der Waals surface area contributed by atoms with Crippen molar-refractivity contribution in [2.75, 3.05) is 12.9 Å². The van der Waals surface area contributed by atoms with Crippen LogP contribution in [0, 0.1) is 11.3 Å². The molecule has 0 radical (unpaired) electrons. The van der Waals surface area contributed by atoms with Gasteiger partial charge in [0.05, 0.1) is 41.0 Å². The van der Waals surface area contributed by atoms with Crippen molar-refractivity contribution in [2.45, 2.75) is 19.4 Å². The van der Waals surface area contributed by atoms with Gasteiger partial charge in [0.1, 0.15) is 12.4 Å². The zero-order chi connectivity index (χ0) is 27.1. The maximum absolute atomic E-state index is 13.4. The van der Waals surface area contributed by atoms with E-state index in [1.807, 2.05) is 30.3 Å². The van der Waals surface area contributed by atoms with Crippen LogP contribution in [-0.2, 0) is 16.1 Å². The molecule has 0 fully saturated rings. The molecule has 1 heterocycles. The number of esters is 1. The fraction of sp³-hybridized carbons (Fsp3) is 0.167. The number of ketones is 1. The first-order valence-electron chi connectivity index (χ1n) is 11.8. The molecular weight excluding hydrogens is 520 g/mol. The number of halogens is 1. The van der Waals surface area contributed by atoms with Crippen LogP contribution in [0.25, 0.3) is 0 Å². The van der Waals surface area contributed by atoms with Gasteiger partial charge in [0.2, 0.25) is 0 Å². The predicted octanol–water partition coefficient (Wildman–Crippen LogP) is 6.40. The van der Waals surface area contributed by atoms with Crippen LogP contribution in [0.1, 0.15) is 34.3 Å². The number of nitriles is 1. The Morgan fingerprint density at radius 2 is 1.71 bits per heavy atom. The van der Waals surface area contributed by atoms with Crippen molar-refractivity contribution in [3.05, 3.63) is 122 Å². The molecule has 3 aromatic carbocycles. The summed E-state index contributed by atoms with van der Waals surface area (Å²) in [5, 5.41) is 14.3. The van der Waals surface area contributed by atoms with Crippen molar-refractivity contribution < 1.29 is 19.1 Å². The standard InChI is InChI=1S/C30H25ClN2O4S/c1-19-27(30(35)37-17-20-8-4-3-5-9-20)28(23-10-6-7-11-25(23)31)24(16-32)29(33-19)38-18-26(34)21-12-14-22(36-2)15-13-21/h3-15,28,33H,17-18H2,1-2H3. The second kappa shape index (κ2) is 12.5. The molecule has 0 saturated carbocycles. The maximum Gasteiger partial charge on any atom is 0.337 e. The molecular formula is C30H25ClN2O4S. The number of hydrogen-bond acceptors (Lipinski definition) is 7. The third-order valence-electron chi connectivity index (χ3n) is 6.06. The van der Waals surface area contributed by atoms with E-state index in [0.29, 0.717) is 43.8 Å². The summed E-state index contributed by atoms with van der Waals surface area (Å²) in [6, 6.07) is 25.6. The van der Waals surface area contributed by atoms with Gasteiger partial charge in [0.15, 0.2) is 5.78 Å². The van der Waals surface area contributed by atoms with Crippen LogP contribution < -0.4 is 10.1 Å². The number of dihydropyridines is 1. The Hall–Kier alpha value is -3.99. The van der Waals surface area contributed by atoms with Gasteiger partial charge in [-0.05, 0) is 48.4 Å². The number of methoxy groups -OCH3 is 1. The SMILES string of the molecule is COc1ccc(C(=O)CSC2=C(C#N)C(c3ccccc3Cl)C(C(=O)OCc3ccccc3)=C(C)N2)cc1. The van der Waals surface area contributed by atoms with E-state index in [1.54, 1.807) is 62.6 Å². The number of benzene rings is 3. The minimum absolute atomic E-state index is 0.0925. The normalized spacial score (nSPS) is 14.9. The first-order chi connectivity index (χ1) is 18.4. The molecule has 0 aromatic heterocycles. The molecule has 0 spiro atoms. The van der Waals surface area contributed by atoms with E-state index < -0.39 is 11.9 Å². The van der Waals surface area contributed by atoms with Crippen LogP contribution in [-0.4, -0.2) is 24.6 Å². The Morgan fingerprint density at radius 3 is 2.37 bits per heavy atom. The fourth-order valence-corrected chi connectivity index (χ4v) is 5.35. The molecule has 6 nitrogen and oxygen atoms in total. The summed E-state index contributed by atoms with van der Waals surface area (Å²) < 4.78 is 10.8. The van der Waals surface area contributed by atoms with Gasteiger partial charge in [-0.25, -0.2) is 4.79 Å². The van der Waals surface area contributed by atoms with Crippen LogP contribution in [0.15, 0.2) is 101 Å². The van der Waals surface area contributed by atoms with E-state index in [9.17, 15) is 14.9 Å². The van der Waals surface area contributed by atoms with Gasteiger partial charge in [-0.15, -0.1) is 0 Å². The number of nitrogens with one attached hydrogen (secondary N) is 1. The van der Waals surface area contributed by atoms with Gasteiger partial charge in [-0.1, -0.05) is 71.9 Å². The monoisotopic (exact) mass is 544 g/mol. The lowest BCUT2D eigenvalue weighted by Gasteiger charge is -2.29. The molecule has 1 unspecified atom stereocenters. The van der Waals surface area contributed by atoms with Gasteiger partial charge in [0, 0.05) is 16.3 Å². The fourth-order valence-electron chi connectivity index (χ4n) is 4.12. The highest BCUT2D eigenvalue weighted by atomic mass is 35.5. The first kappa shape index (κ1) is 27.1. The predicted molar refractivity (Wildman–Crippen MR) is 149 cm³/mol. The summed E-state index contributed by atoms with van der Waals surface area (Å²) in [5.74, 6) is -0.650. The number of carbonyl (C=O) groups is 2. The molecule has 0 bridgehead atoms. The summed E-state index contributed by atoms with van der Waals surface area (Å²) >= 11 is 7.76. The molecule has 1 atom stereocenters. The minimum Gasteiger partial charge on any atom is -0.497 e. The Bertz CT molecular complexity index is 1440. The number of ether oxygens (including phenoxy) is 2. The molecule has 38 heavy (non-hydrogen) atoms. The average Bonchev–Trinajstić information content (AvgIpc) is 2.95. The summed E-state index contributed by atoms with van der Waals surface area (Å²) in [5.41, 5.74) is 3.12. The van der Waals surface area contributed by atoms with E-state index in [0.717, 1.165) is 5.56 Å². The average molecular weight is 545 g/mol.